The van der Waals surface area contributed by atoms with Gasteiger partial charge in [-0.1, -0.05) is 0 Å². The second kappa shape index (κ2) is 4.47. The van der Waals surface area contributed by atoms with Gasteiger partial charge in [-0.05, 0) is 31.2 Å². The normalized spacial score (nSPS) is 14.2. The fourth-order valence-electron chi connectivity index (χ4n) is 1.42. The fourth-order valence-corrected chi connectivity index (χ4v) is 1.42. The molecule has 0 saturated heterocycles. The van der Waals surface area contributed by atoms with Crippen LogP contribution in [0.1, 0.15) is 23.2 Å². The van der Waals surface area contributed by atoms with E-state index in [0.717, 1.165) is 0 Å². The van der Waals surface area contributed by atoms with Crippen LogP contribution in [-0.2, 0) is 5.60 Å². The van der Waals surface area contributed by atoms with Crippen LogP contribution in [0.3, 0.4) is 0 Å². The summed E-state index contributed by atoms with van der Waals surface area (Å²) in [5.74, 6) is 0.235. The Balaban J connectivity index is 1.96. The summed E-state index contributed by atoms with van der Waals surface area (Å²) in [5.41, 5.74) is -1.24. The molecule has 17 heavy (non-hydrogen) atoms. The lowest BCUT2D eigenvalue weighted by atomic mass is 10.0. The van der Waals surface area contributed by atoms with Gasteiger partial charge in [0.25, 0.3) is 5.91 Å². The van der Waals surface area contributed by atoms with Crippen LogP contribution in [0.15, 0.2) is 45.6 Å². The van der Waals surface area contributed by atoms with Gasteiger partial charge in [-0.15, -0.1) is 0 Å². The average Bonchev–Trinajstić information content (AvgIpc) is 2.97. The van der Waals surface area contributed by atoms with Crippen molar-refractivity contribution >= 4 is 5.91 Å². The molecule has 2 heterocycles. The van der Waals surface area contributed by atoms with Crippen molar-refractivity contribution in [3.63, 3.8) is 0 Å². The quantitative estimate of drug-likeness (QED) is 0.842. The highest BCUT2D eigenvalue weighted by molar-refractivity contribution is 5.91. The van der Waals surface area contributed by atoms with Gasteiger partial charge in [0.2, 0.25) is 0 Å². The topological polar surface area (TPSA) is 75.6 Å². The number of carbonyl (C=O) groups excluding carboxylic acids is 1. The fraction of sp³-hybridized carbons (Fsp3) is 0.250. The first-order chi connectivity index (χ1) is 8.09. The Morgan fingerprint density at radius 1 is 1.35 bits per heavy atom. The molecular formula is C12H13NO4. The largest absolute Gasteiger partial charge is 0.466 e. The number of carbonyl (C=O) groups is 1. The third kappa shape index (κ3) is 2.57. The summed E-state index contributed by atoms with van der Waals surface area (Å²) in [6, 6.07) is 6.51. The van der Waals surface area contributed by atoms with E-state index >= 15 is 0 Å². The molecule has 2 aromatic heterocycles. The highest BCUT2D eigenvalue weighted by Crippen LogP contribution is 2.19. The van der Waals surface area contributed by atoms with Crippen molar-refractivity contribution < 1.29 is 18.7 Å². The van der Waals surface area contributed by atoms with Gasteiger partial charge in [0, 0.05) is 0 Å². The van der Waals surface area contributed by atoms with Gasteiger partial charge in [-0.3, -0.25) is 4.79 Å². The van der Waals surface area contributed by atoms with E-state index in [1.807, 2.05) is 0 Å². The highest BCUT2D eigenvalue weighted by Gasteiger charge is 2.27. The van der Waals surface area contributed by atoms with E-state index < -0.39 is 5.60 Å². The summed E-state index contributed by atoms with van der Waals surface area (Å²) in [7, 11) is 0. The number of aliphatic hydroxyl groups is 1. The number of furan rings is 2. The smallest absolute Gasteiger partial charge is 0.287 e. The van der Waals surface area contributed by atoms with E-state index in [1.54, 1.807) is 31.2 Å². The third-order valence-corrected chi connectivity index (χ3v) is 2.39. The zero-order valence-corrected chi connectivity index (χ0v) is 9.34. The molecule has 1 atom stereocenters. The Hall–Kier alpha value is -2.01. The van der Waals surface area contributed by atoms with Crippen molar-refractivity contribution in [1.82, 2.24) is 5.32 Å². The minimum absolute atomic E-state index is 0.0417. The van der Waals surface area contributed by atoms with Crippen molar-refractivity contribution in [1.29, 1.82) is 0 Å². The lowest BCUT2D eigenvalue weighted by Gasteiger charge is -2.20. The molecule has 0 bridgehead atoms. The lowest BCUT2D eigenvalue weighted by Crippen LogP contribution is -2.38. The predicted octanol–water partition coefficient (Wildman–Crippen LogP) is 1.51. The molecule has 5 heteroatoms. The number of rotatable bonds is 4. The summed E-state index contributed by atoms with van der Waals surface area (Å²) in [5, 5.41) is 12.7. The maximum atomic E-state index is 11.6. The first kappa shape index (κ1) is 11.5. The molecule has 2 N–H and O–H groups in total. The Morgan fingerprint density at radius 2 is 2.06 bits per heavy atom. The molecule has 0 radical (unpaired) electrons. The Bertz CT molecular complexity index is 471. The third-order valence-electron chi connectivity index (χ3n) is 2.39. The molecule has 0 saturated carbocycles. The van der Waals surface area contributed by atoms with Crippen molar-refractivity contribution in [2.45, 2.75) is 12.5 Å². The predicted molar refractivity (Wildman–Crippen MR) is 59.3 cm³/mol. The van der Waals surface area contributed by atoms with Gasteiger partial charge < -0.3 is 19.3 Å². The van der Waals surface area contributed by atoms with Crippen LogP contribution in [0, 0.1) is 0 Å². The molecular weight excluding hydrogens is 222 g/mol. The minimum atomic E-state index is -1.24. The maximum Gasteiger partial charge on any atom is 0.287 e. The van der Waals surface area contributed by atoms with Crippen LogP contribution in [0.2, 0.25) is 0 Å². The lowest BCUT2D eigenvalue weighted by molar-refractivity contribution is 0.0326. The van der Waals surface area contributed by atoms with Crippen molar-refractivity contribution in [2.75, 3.05) is 6.54 Å². The summed E-state index contributed by atoms with van der Waals surface area (Å²) in [6.07, 6.45) is 2.89. The van der Waals surface area contributed by atoms with Gasteiger partial charge >= 0.3 is 0 Å². The van der Waals surface area contributed by atoms with Crippen LogP contribution >= 0.6 is 0 Å². The van der Waals surface area contributed by atoms with Crippen molar-refractivity contribution in [2.24, 2.45) is 0 Å². The van der Waals surface area contributed by atoms with Crippen LogP contribution in [0.25, 0.3) is 0 Å². The zero-order chi connectivity index (χ0) is 12.3. The molecule has 0 unspecified atom stereocenters. The van der Waals surface area contributed by atoms with Crippen LogP contribution in [0.4, 0.5) is 0 Å². The molecule has 5 nitrogen and oxygen atoms in total. The first-order valence-electron chi connectivity index (χ1n) is 5.18. The van der Waals surface area contributed by atoms with Gasteiger partial charge in [-0.2, -0.15) is 0 Å². The second-order valence-corrected chi connectivity index (χ2v) is 3.91. The maximum absolute atomic E-state index is 11.6. The molecule has 2 aromatic rings. The van der Waals surface area contributed by atoms with E-state index in [0.29, 0.717) is 5.76 Å². The SMILES string of the molecule is C[C@@](O)(CNC(=O)c1ccco1)c1ccco1. The number of amides is 1. The molecule has 0 aliphatic heterocycles. The number of hydrogen-bond donors (Lipinski definition) is 2. The van der Waals surface area contributed by atoms with Gasteiger partial charge in [-0.25, -0.2) is 0 Å². The van der Waals surface area contributed by atoms with E-state index in [2.05, 4.69) is 5.32 Å². The molecule has 90 valence electrons. The molecule has 1 amide bonds. The summed E-state index contributed by atoms with van der Waals surface area (Å²) in [6.45, 7) is 1.61. The summed E-state index contributed by atoms with van der Waals surface area (Å²) < 4.78 is 10.0. The van der Waals surface area contributed by atoms with Crippen LogP contribution in [0.5, 0.6) is 0 Å². The van der Waals surface area contributed by atoms with E-state index in [9.17, 15) is 9.90 Å². The summed E-state index contributed by atoms with van der Waals surface area (Å²) in [4.78, 5) is 11.6. The Morgan fingerprint density at radius 3 is 2.65 bits per heavy atom. The molecule has 2 rings (SSSR count). The van der Waals surface area contributed by atoms with E-state index in [1.165, 1.54) is 12.5 Å². The summed E-state index contributed by atoms with van der Waals surface area (Å²) >= 11 is 0. The molecule has 0 aromatic carbocycles. The Kier molecular flexibility index (Phi) is 3.01. The van der Waals surface area contributed by atoms with Crippen LogP contribution in [-0.4, -0.2) is 17.6 Å². The minimum Gasteiger partial charge on any atom is -0.466 e. The second-order valence-electron chi connectivity index (χ2n) is 3.91. The van der Waals surface area contributed by atoms with Gasteiger partial charge in [0.05, 0.1) is 19.1 Å². The number of nitrogens with one attached hydrogen (secondary N) is 1. The molecule has 0 fully saturated rings. The molecule has 0 spiro atoms. The van der Waals surface area contributed by atoms with Gasteiger partial charge in [0.15, 0.2) is 5.76 Å². The van der Waals surface area contributed by atoms with E-state index in [4.69, 9.17) is 8.83 Å². The molecule has 0 aliphatic rings. The van der Waals surface area contributed by atoms with Crippen molar-refractivity contribution in [3.05, 3.63) is 48.3 Å². The van der Waals surface area contributed by atoms with Crippen LogP contribution < -0.4 is 5.32 Å². The Labute approximate surface area is 98.0 Å². The zero-order valence-electron chi connectivity index (χ0n) is 9.34. The first-order valence-corrected chi connectivity index (χ1v) is 5.18. The van der Waals surface area contributed by atoms with Crippen molar-refractivity contribution in [3.8, 4) is 0 Å². The molecule has 0 aliphatic carbocycles. The highest BCUT2D eigenvalue weighted by atomic mass is 16.4. The number of hydrogen-bond acceptors (Lipinski definition) is 4. The average molecular weight is 235 g/mol. The monoisotopic (exact) mass is 235 g/mol. The van der Waals surface area contributed by atoms with E-state index in [-0.39, 0.29) is 18.2 Å². The van der Waals surface area contributed by atoms with Gasteiger partial charge in [0.1, 0.15) is 11.4 Å². The standard InChI is InChI=1S/C12H13NO4/c1-12(15,10-5-3-7-17-10)8-13-11(14)9-4-2-6-16-9/h2-7,15H,8H2,1H3,(H,13,14)/t12-/m1/s1.